The first-order chi connectivity index (χ1) is 13.1. The third-order valence-electron chi connectivity index (χ3n) is 5.14. The highest BCUT2D eigenvalue weighted by Gasteiger charge is 2.32. The maximum absolute atomic E-state index is 13.2. The number of nitrogens with zero attached hydrogens (tertiary/aromatic N) is 2. The van der Waals surface area contributed by atoms with Gasteiger partial charge < -0.3 is 14.5 Å². The van der Waals surface area contributed by atoms with E-state index in [0.29, 0.717) is 37.6 Å². The average Bonchev–Trinajstić information content (AvgIpc) is 3.06. The zero-order chi connectivity index (χ0) is 19.0. The number of ether oxygens (including phenoxy) is 1. The Bertz CT molecular complexity index is 874. The van der Waals surface area contributed by atoms with E-state index < -0.39 is 5.91 Å². The van der Waals surface area contributed by atoms with E-state index in [1.807, 2.05) is 28.9 Å². The van der Waals surface area contributed by atoms with E-state index in [1.54, 1.807) is 23.7 Å². The number of benzene rings is 2. The molecule has 0 saturated carbocycles. The first-order valence-electron chi connectivity index (χ1n) is 8.89. The van der Waals surface area contributed by atoms with Gasteiger partial charge in [-0.15, -0.1) is 0 Å². The highest BCUT2D eigenvalue weighted by molar-refractivity contribution is 5.93. The number of carbonyl (C=O) groups excluding carboxylic acids is 2. The van der Waals surface area contributed by atoms with Crippen LogP contribution in [0.25, 0.3) is 0 Å². The lowest BCUT2D eigenvalue weighted by molar-refractivity contribution is 0.0706. The number of hydrogen-bond donors (Lipinski definition) is 2. The second kappa shape index (κ2) is 6.92. The van der Waals surface area contributed by atoms with E-state index in [1.165, 1.54) is 11.1 Å². The predicted molar refractivity (Wildman–Crippen MR) is 97.3 cm³/mol. The van der Waals surface area contributed by atoms with Crippen LogP contribution in [0.15, 0.2) is 42.5 Å². The number of urea groups is 1. The van der Waals surface area contributed by atoms with Crippen molar-refractivity contribution in [3.8, 4) is 5.75 Å². The summed E-state index contributed by atoms with van der Waals surface area (Å²) in [4.78, 5) is 28.4. The fraction of sp³-hybridized carbons (Fsp3) is 0.300. The van der Waals surface area contributed by atoms with Crippen molar-refractivity contribution >= 4 is 11.9 Å². The average molecular weight is 367 g/mol. The lowest BCUT2D eigenvalue weighted by Crippen LogP contribution is -2.46. The van der Waals surface area contributed by atoms with Gasteiger partial charge in [-0.2, -0.15) is 0 Å². The van der Waals surface area contributed by atoms with Gasteiger partial charge in [-0.1, -0.05) is 30.3 Å². The Kier molecular flexibility index (Phi) is 4.45. The molecule has 0 fully saturated rings. The summed E-state index contributed by atoms with van der Waals surface area (Å²) in [5.74, 6) is -0.0376. The number of amides is 3. The summed E-state index contributed by atoms with van der Waals surface area (Å²) >= 11 is 0. The molecule has 7 nitrogen and oxygen atoms in total. The van der Waals surface area contributed by atoms with Crippen LogP contribution in [0.2, 0.25) is 0 Å². The van der Waals surface area contributed by atoms with E-state index in [-0.39, 0.29) is 12.1 Å². The number of fused-ring (bicyclic) bond motifs is 2. The van der Waals surface area contributed by atoms with Gasteiger partial charge in [-0.3, -0.25) is 10.0 Å². The normalized spacial score (nSPS) is 18.2. The van der Waals surface area contributed by atoms with Crippen molar-refractivity contribution in [2.45, 2.75) is 32.6 Å². The summed E-state index contributed by atoms with van der Waals surface area (Å²) < 4.78 is 5.83. The first kappa shape index (κ1) is 17.4. The Morgan fingerprint density at radius 1 is 1.07 bits per heavy atom. The zero-order valence-electron chi connectivity index (χ0n) is 15.0. The molecule has 0 aromatic heterocycles. The van der Waals surface area contributed by atoms with E-state index in [9.17, 15) is 9.59 Å². The fourth-order valence-electron chi connectivity index (χ4n) is 3.57. The molecule has 1 atom stereocenters. The summed E-state index contributed by atoms with van der Waals surface area (Å²) in [6.07, 6.45) is 0. The van der Waals surface area contributed by atoms with Gasteiger partial charge in [0, 0.05) is 24.2 Å². The van der Waals surface area contributed by atoms with E-state index >= 15 is 0 Å². The summed E-state index contributed by atoms with van der Waals surface area (Å²) in [6, 6.07) is 12.9. The van der Waals surface area contributed by atoms with Gasteiger partial charge in [-0.25, -0.2) is 10.3 Å². The predicted octanol–water partition coefficient (Wildman–Crippen LogP) is 2.52. The van der Waals surface area contributed by atoms with Crippen molar-refractivity contribution in [2.24, 2.45) is 0 Å². The number of nitrogens with one attached hydrogen (secondary N) is 1. The zero-order valence-corrected chi connectivity index (χ0v) is 15.0. The minimum Gasteiger partial charge on any atom is -0.491 e. The van der Waals surface area contributed by atoms with Crippen LogP contribution in [0.1, 0.15) is 34.0 Å². The standard InChI is InChI=1S/C20H21N3O4/c1-13-12-27-18-8-14(19(24)21-26)6-7-17(18)11-23(13)20(25)22-9-15-4-2-3-5-16(15)10-22/h2-8,13,26H,9-12H2,1H3,(H,21,24). The number of hydrogen-bond acceptors (Lipinski definition) is 4. The van der Waals surface area contributed by atoms with Crippen LogP contribution >= 0.6 is 0 Å². The minimum absolute atomic E-state index is 0.0210. The van der Waals surface area contributed by atoms with Gasteiger partial charge in [0.1, 0.15) is 12.4 Å². The fourth-order valence-corrected chi connectivity index (χ4v) is 3.57. The number of carbonyl (C=O) groups is 2. The summed E-state index contributed by atoms with van der Waals surface area (Å²) in [5, 5.41) is 8.80. The maximum Gasteiger partial charge on any atom is 0.321 e. The lowest BCUT2D eigenvalue weighted by Gasteiger charge is -2.30. The van der Waals surface area contributed by atoms with Crippen molar-refractivity contribution < 1.29 is 19.5 Å². The molecule has 2 heterocycles. The van der Waals surface area contributed by atoms with Gasteiger partial charge >= 0.3 is 6.03 Å². The molecule has 0 radical (unpaired) electrons. The van der Waals surface area contributed by atoms with Crippen molar-refractivity contribution in [3.63, 3.8) is 0 Å². The molecule has 0 saturated heterocycles. The number of rotatable bonds is 1. The smallest absolute Gasteiger partial charge is 0.321 e. The Morgan fingerprint density at radius 2 is 1.78 bits per heavy atom. The Morgan fingerprint density at radius 3 is 2.44 bits per heavy atom. The Hall–Kier alpha value is -3.06. The molecule has 2 aliphatic rings. The van der Waals surface area contributed by atoms with Crippen molar-refractivity contribution in [2.75, 3.05) is 6.61 Å². The third kappa shape index (κ3) is 3.21. The second-order valence-electron chi connectivity index (χ2n) is 6.96. The van der Waals surface area contributed by atoms with Crippen LogP contribution in [0, 0.1) is 0 Å². The van der Waals surface area contributed by atoms with Crippen LogP contribution in [0.4, 0.5) is 4.79 Å². The summed E-state index contributed by atoms with van der Waals surface area (Å²) in [5.41, 5.74) is 5.13. The van der Waals surface area contributed by atoms with E-state index in [0.717, 1.165) is 5.56 Å². The molecule has 4 rings (SSSR count). The van der Waals surface area contributed by atoms with E-state index in [2.05, 4.69) is 12.1 Å². The monoisotopic (exact) mass is 367 g/mol. The molecule has 7 heteroatoms. The topological polar surface area (TPSA) is 82.1 Å². The van der Waals surface area contributed by atoms with Crippen molar-refractivity contribution in [1.29, 1.82) is 0 Å². The first-order valence-corrected chi connectivity index (χ1v) is 8.89. The quantitative estimate of drug-likeness (QED) is 0.599. The third-order valence-corrected chi connectivity index (χ3v) is 5.14. The molecule has 2 N–H and O–H groups in total. The van der Waals surface area contributed by atoms with Gasteiger partial charge in [0.2, 0.25) is 0 Å². The molecular formula is C20H21N3O4. The van der Waals surface area contributed by atoms with Gasteiger partial charge in [-0.05, 0) is 30.2 Å². The number of hydroxylamine groups is 1. The minimum atomic E-state index is -0.596. The van der Waals surface area contributed by atoms with Gasteiger partial charge in [0.05, 0.1) is 12.6 Å². The summed E-state index contributed by atoms with van der Waals surface area (Å²) in [7, 11) is 0. The Labute approximate surface area is 157 Å². The molecule has 2 aromatic rings. The molecular weight excluding hydrogens is 346 g/mol. The van der Waals surface area contributed by atoms with Crippen LogP contribution in [0.5, 0.6) is 5.75 Å². The second-order valence-corrected chi connectivity index (χ2v) is 6.96. The largest absolute Gasteiger partial charge is 0.491 e. The molecule has 2 aromatic carbocycles. The van der Waals surface area contributed by atoms with Crippen LogP contribution in [-0.2, 0) is 19.6 Å². The molecule has 3 amide bonds. The molecule has 0 aliphatic carbocycles. The SMILES string of the molecule is CC1COc2cc(C(=O)NO)ccc2CN1C(=O)N1Cc2ccccc2C1. The Balaban J connectivity index is 1.55. The lowest BCUT2D eigenvalue weighted by atomic mass is 10.1. The highest BCUT2D eigenvalue weighted by Crippen LogP contribution is 2.29. The molecule has 0 bridgehead atoms. The molecule has 1 unspecified atom stereocenters. The maximum atomic E-state index is 13.2. The van der Waals surface area contributed by atoms with E-state index in [4.69, 9.17) is 9.94 Å². The van der Waals surface area contributed by atoms with Crippen LogP contribution in [-0.4, -0.2) is 39.6 Å². The van der Waals surface area contributed by atoms with Crippen molar-refractivity contribution in [3.05, 3.63) is 64.7 Å². The van der Waals surface area contributed by atoms with Crippen LogP contribution < -0.4 is 10.2 Å². The van der Waals surface area contributed by atoms with Gasteiger partial charge in [0.25, 0.3) is 5.91 Å². The molecule has 27 heavy (non-hydrogen) atoms. The highest BCUT2D eigenvalue weighted by atomic mass is 16.5. The molecule has 0 spiro atoms. The van der Waals surface area contributed by atoms with Crippen molar-refractivity contribution in [1.82, 2.24) is 15.3 Å². The molecule has 2 aliphatic heterocycles. The van der Waals surface area contributed by atoms with Crippen LogP contribution in [0.3, 0.4) is 0 Å². The molecule has 140 valence electrons. The van der Waals surface area contributed by atoms with Gasteiger partial charge in [0.15, 0.2) is 0 Å². The summed E-state index contributed by atoms with van der Waals surface area (Å²) in [6.45, 7) is 3.92.